The predicted octanol–water partition coefficient (Wildman–Crippen LogP) is 6.84. The van der Waals surface area contributed by atoms with Crippen molar-refractivity contribution in [3.8, 4) is 11.4 Å². The highest BCUT2D eigenvalue weighted by Gasteiger charge is 2.43. The summed E-state index contributed by atoms with van der Waals surface area (Å²) in [7, 11) is -3.03. The molecule has 0 unspecified atom stereocenters. The molecule has 240 valence electrons. The van der Waals surface area contributed by atoms with Crippen molar-refractivity contribution >= 4 is 73.0 Å². The summed E-state index contributed by atoms with van der Waals surface area (Å²) >= 11 is 0. The molecule has 0 saturated heterocycles. The van der Waals surface area contributed by atoms with Crippen LogP contribution in [0.5, 0.6) is 0 Å². The molecule has 10 rings (SSSR count). The molecule has 51 heavy (non-hydrogen) atoms. The second kappa shape index (κ2) is 11.7. The summed E-state index contributed by atoms with van der Waals surface area (Å²) in [6.07, 6.45) is 7.92. The van der Waals surface area contributed by atoms with E-state index in [0.717, 1.165) is 55.5 Å². The maximum Gasteiger partial charge on any atom is 0.182 e. The van der Waals surface area contributed by atoms with E-state index < -0.39 is 8.07 Å². The molecule has 4 aromatic carbocycles. The minimum Gasteiger partial charge on any atom is -0.278 e. The molecule has 10 aromatic rings. The van der Waals surface area contributed by atoms with Crippen LogP contribution in [0.1, 0.15) is 0 Å². The van der Waals surface area contributed by atoms with E-state index in [1.54, 1.807) is 0 Å². The number of hydrogen-bond donors (Lipinski definition) is 0. The first kappa shape index (κ1) is 29.2. The second-order valence-corrected chi connectivity index (χ2v) is 16.6. The van der Waals surface area contributed by atoms with Gasteiger partial charge in [-0.3, -0.25) is 9.13 Å². The zero-order chi connectivity index (χ0) is 33.8. The molecule has 0 amide bonds. The monoisotopic (exact) mass is 670 g/mol. The Hall–Kier alpha value is -6.70. The molecule has 0 atom stereocenters. The van der Waals surface area contributed by atoms with Gasteiger partial charge in [-0.15, -0.1) is 0 Å². The van der Waals surface area contributed by atoms with E-state index in [9.17, 15) is 0 Å². The molecule has 0 N–H and O–H groups in total. The van der Waals surface area contributed by atoms with Crippen LogP contribution in [-0.2, 0) is 0 Å². The third-order valence-corrected chi connectivity index (χ3v) is 14.7. The molecular weight excluding hydrogens is 641 g/mol. The van der Waals surface area contributed by atoms with Gasteiger partial charge in [0.25, 0.3) is 0 Å². The SMILES string of the molecule is c1ccc(-n2c3ncccc3c3cc([Si](c4ccccc4)(c4ccccc4)c4cnc5c(c4)c4cccnc4n5-c4ccccc4)cnc32)cc1. The van der Waals surface area contributed by atoms with E-state index in [0.29, 0.717) is 0 Å². The van der Waals surface area contributed by atoms with E-state index in [2.05, 4.69) is 155 Å². The van der Waals surface area contributed by atoms with Crippen LogP contribution in [0.2, 0.25) is 0 Å². The van der Waals surface area contributed by atoms with Crippen molar-refractivity contribution in [3.63, 3.8) is 0 Å². The van der Waals surface area contributed by atoms with Gasteiger partial charge in [0.15, 0.2) is 8.07 Å². The summed E-state index contributed by atoms with van der Waals surface area (Å²) in [6, 6.07) is 55.7. The third kappa shape index (κ3) is 4.42. The van der Waals surface area contributed by atoms with Crippen molar-refractivity contribution in [3.05, 3.63) is 183 Å². The molecule has 0 saturated carbocycles. The van der Waals surface area contributed by atoms with E-state index in [4.69, 9.17) is 19.9 Å². The molecule has 6 nitrogen and oxygen atoms in total. The molecule has 6 aromatic heterocycles. The average molecular weight is 671 g/mol. The Bertz CT molecular complexity index is 2650. The number of hydrogen-bond acceptors (Lipinski definition) is 4. The fourth-order valence-electron chi connectivity index (χ4n) is 7.87. The first-order valence-electron chi connectivity index (χ1n) is 17.1. The van der Waals surface area contributed by atoms with Gasteiger partial charge in [0.1, 0.15) is 22.6 Å². The van der Waals surface area contributed by atoms with Crippen molar-refractivity contribution in [2.75, 3.05) is 0 Å². The van der Waals surface area contributed by atoms with Crippen LogP contribution in [-0.4, -0.2) is 37.1 Å². The third-order valence-electron chi connectivity index (χ3n) is 10.0. The highest BCUT2D eigenvalue weighted by molar-refractivity contribution is 7.20. The summed E-state index contributed by atoms with van der Waals surface area (Å²) in [5.74, 6) is 0. The number of benzene rings is 4. The minimum absolute atomic E-state index is 0.883. The largest absolute Gasteiger partial charge is 0.278 e. The number of rotatable bonds is 6. The lowest BCUT2D eigenvalue weighted by Gasteiger charge is -2.34. The van der Waals surface area contributed by atoms with Crippen molar-refractivity contribution in [2.45, 2.75) is 0 Å². The number of pyridine rings is 4. The van der Waals surface area contributed by atoms with Crippen molar-refractivity contribution < 1.29 is 0 Å². The highest BCUT2D eigenvalue weighted by Crippen LogP contribution is 2.31. The van der Waals surface area contributed by atoms with Gasteiger partial charge in [0.05, 0.1) is 0 Å². The summed E-state index contributed by atoms with van der Waals surface area (Å²) in [6.45, 7) is 0. The van der Waals surface area contributed by atoms with Crippen molar-refractivity contribution in [1.82, 2.24) is 29.1 Å². The Morgan fingerprint density at radius 2 is 0.706 bits per heavy atom. The van der Waals surface area contributed by atoms with Crippen LogP contribution >= 0.6 is 0 Å². The maximum absolute atomic E-state index is 5.32. The maximum atomic E-state index is 5.32. The van der Waals surface area contributed by atoms with Crippen LogP contribution in [0, 0.1) is 0 Å². The van der Waals surface area contributed by atoms with Gasteiger partial charge in [0, 0.05) is 57.7 Å². The molecule has 6 heterocycles. The molecule has 0 radical (unpaired) electrons. The quantitative estimate of drug-likeness (QED) is 0.182. The predicted molar refractivity (Wildman–Crippen MR) is 210 cm³/mol. The lowest BCUT2D eigenvalue weighted by molar-refractivity contribution is 1.10. The molecule has 0 aliphatic rings. The van der Waals surface area contributed by atoms with Crippen LogP contribution in [0.25, 0.3) is 55.5 Å². The number of fused-ring (bicyclic) bond motifs is 6. The smallest absolute Gasteiger partial charge is 0.182 e. The summed E-state index contributed by atoms with van der Waals surface area (Å²) in [5.41, 5.74) is 5.61. The van der Waals surface area contributed by atoms with Crippen molar-refractivity contribution in [2.24, 2.45) is 0 Å². The van der Waals surface area contributed by atoms with E-state index in [1.807, 2.05) is 36.7 Å². The fourth-order valence-corrected chi connectivity index (χ4v) is 12.5. The van der Waals surface area contributed by atoms with E-state index in [-0.39, 0.29) is 0 Å². The Morgan fingerprint density at radius 1 is 0.333 bits per heavy atom. The van der Waals surface area contributed by atoms with Crippen LogP contribution < -0.4 is 20.7 Å². The standard InChI is InChI=1S/C44H30N6Si/c1-5-15-31(16-6-1)49-41-37(23-13-25-45-41)39-27-35(29-47-43(39)49)51(33-19-9-3-10-20-33,34-21-11-4-12-22-34)36-28-40-38-24-14-26-46-42(38)50(44(40)48-30-36)32-17-7-2-8-18-32/h1-30H. The minimum atomic E-state index is -3.03. The van der Waals surface area contributed by atoms with Gasteiger partial charge in [0.2, 0.25) is 0 Å². The first-order chi connectivity index (χ1) is 25.3. The molecule has 0 spiro atoms. The lowest BCUT2D eigenvalue weighted by Crippen LogP contribution is -2.74. The number of para-hydroxylation sites is 2. The zero-order valence-electron chi connectivity index (χ0n) is 27.5. The highest BCUT2D eigenvalue weighted by atomic mass is 28.3. The first-order valence-corrected chi connectivity index (χ1v) is 19.1. The molecule has 0 aliphatic carbocycles. The van der Waals surface area contributed by atoms with Crippen LogP contribution in [0.4, 0.5) is 0 Å². The van der Waals surface area contributed by atoms with Crippen LogP contribution in [0.3, 0.4) is 0 Å². The molecule has 0 aliphatic heterocycles. The Kier molecular flexibility index (Phi) is 6.72. The normalized spacial score (nSPS) is 11.9. The van der Waals surface area contributed by atoms with E-state index >= 15 is 0 Å². The summed E-state index contributed by atoms with van der Waals surface area (Å²) < 4.78 is 4.34. The number of aromatic nitrogens is 6. The van der Waals surface area contributed by atoms with Gasteiger partial charge in [-0.2, -0.15) is 0 Å². The fraction of sp³-hybridized carbons (Fsp3) is 0. The van der Waals surface area contributed by atoms with Crippen molar-refractivity contribution in [1.29, 1.82) is 0 Å². The molecule has 0 bridgehead atoms. The van der Waals surface area contributed by atoms with Gasteiger partial charge in [-0.1, -0.05) is 97.1 Å². The topological polar surface area (TPSA) is 61.4 Å². The van der Waals surface area contributed by atoms with Crippen LogP contribution in [0.15, 0.2) is 183 Å². The van der Waals surface area contributed by atoms with Gasteiger partial charge in [-0.25, -0.2) is 19.9 Å². The summed E-state index contributed by atoms with van der Waals surface area (Å²) in [5, 5.41) is 9.15. The van der Waals surface area contributed by atoms with Gasteiger partial charge in [-0.05, 0) is 81.4 Å². The molecule has 0 fully saturated rings. The van der Waals surface area contributed by atoms with Gasteiger partial charge >= 0.3 is 0 Å². The lowest BCUT2D eigenvalue weighted by atomic mass is 10.2. The number of nitrogens with zero attached hydrogens (tertiary/aromatic N) is 6. The van der Waals surface area contributed by atoms with Gasteiger partial charge < -0.3 is 0 Å². The Morgan fingerprint density at radius 3 is 1.12 bits per heavy atom. The average Bonchev–Trinajstić information content (AvgIpc) is 3.72. The summed E-state index contributed by atoms with van der Waals surface area (Å²) in [4.78, 5) is 20.4. The van der Waals surface area contributed by atoms with E-state index in [1.165, 1.54) is 20.7 Å². The Balaban J connectivity index is 1.32. The zero-order valence-corrected chi connectivity index (χ0v) is 28.5. The second-order valence-electron chi connectivity index (χ2n) is 12.8. The molecule has 7 heteroatoms. The molecular formula is C44H30N6Si. The Labute approximate surface area is 295 Å².